The summed E-state index contributed by atoms with van der Waals surface area (Å²) in [6.45, 7) is 2.54. The van der Waals surface area contributed by atoms with Crippen LogP contribution in [-0.4, -0.2) is 150 Å². The van der Waals surface area contributed by atoms with Gasteiger partial charge in [0.1, 0.15) is 61.5 Å². The molecule has 0 radical (unpaired) electrons. The van der Waals surface area contributed by atoms with Crippen LogP contribution in [0.1, 0.15) is 46.5 Å². The van der Waals surface area contributed by atoms with Gasteiger partial charge < -0.3 is 64.9 Å². The predicted octanol–water partition coefficient (Wildman–Crippen LogP) is -2.55. The van der Waals surface area contributed by atoms with Crippen LogP contribution in [0.5, 0.6) is 0 Å². The maximum absolute atomic E-state index is 14.0. The standard InChI is InChI=1S/C34H50O15/c1-15-8-17-18-5-7-33(45,32(18,3)10-20(39)24(17)31(2)6-4-16(38)9-19(15)31)23(40)13-46-34(14-37)29(44)28(22(12-36)49-34)48-30-27(43)26(42)25(41)21(11-35)47-30/h4,6,9,15,17-18,20-22,24-30,35-37,39,41-45H,5,7-8,10-14H2,1-3H3/t15-,17-,18-,20-,21-,22+,24+,25+,26+,27-,28+,29-,30+,31-,32-,33-,34?/m0/s1. The van der Waals surface area contributed by atoms with Crippen LogP contribution >= 0.6 is 0 Å². The third-order valence-corrected chi connectivity index (χ3v) is 12.9. The topological polar surface area (TPSA) is 253 Å². The molecule has 17 atom stereocenters. The highest BCUT2D eigenvalue weighted by Gasteiger charge is 2.69. The Morgan fingerprint density at radius 2 is 1.71 bits per heavy atom. The van der Waals surface area contributed by atoms with Crippen molar-refractivity contribution in [2.24, 2.45) is 34.5 Å². The number of ether oxygens (including phenoxy) is 4. The van der Waals surface area contributed by atoms with Gasteiger partial charge in [0.15, 0.2) is 17.9 Å². The van der Waals surface area contributed by atoms with Crippen molar-refractivity contribution in [3.63, 3.8) is 0 Å². The second kappa shape index (κ2) is 13.1. The lowest BCUT2D eigenvalue weighted by Crippen LogP contribution is -2.63. The first-order valence-corrected chi connectivity index (χ1v) is 17.1. The lowest BCUT2D eigenvalue weighted by atomic mass is 9.45. The second-order valence-corrected chi connectivity index (χ2v) is 15.4. The van der Waals surface area contributed by atoms with Gasteiger partial charge in [-0.3, -0.25) is 9.59 Å². The van der Waals surface area contributed by atoms with Gasteiger partial charge in [-0.2, -0.15) is 0 Å². The minimum Gasteiger partial charge on any atom is -0.394 e. The molecule has 0 spiro atoms. The molecule has 9 N–H and O–H groups in total. The number of Topliss-reactive ketones (excluding diaryl/α,β-unsaturated/α-hetero) is 1. The van der Waals surface area contributed by atoms with Crippen LogP contribution in [0, 0.1) is 34.5 Å². The lowest BCUT2D eigenvalue weighted by molar-refractivity contribution is -0.319. The van der Waals surface area contributed by atoms with Crippen molar-refractivity contribution in [2.75, 3.05) is 26.4 Å². The summed E-state index contributed by atoms with van der Waals surface area (Å²) >= 11 is 0. The summed E-state index contributed by atoms with van der Waals surface area (Å²) in [4.78, 5) is 26.2. The molecule has 0 aromatic rings. The molecule has 1 unspecified atom stereocenters. The normalized spacial score (nSPS) is 52.4. The molecule has 0 amide bonds. The fourth-order valence-corrected chi connectivity index (χ4v) is 10.3. The van der Waals surface area contributed by atoms with Gasteiger partial charge in [-0.25, -0.2) is 0 Å². The van der Waals surface area contributed by atoms with Crippen LogP contribution in [0.4, 0.5) is 0 Å². The molecule has 4 aliphatic carbocycles. The van der Waals surface area contributed by atoms with Crippen LogP contribution < -0.4 is 0 Å². The molecular formula is C34H50O15. The number of rotatable bonds is 9. The minimum absolute atomic E-state index is 0.0467. The minimum atomic E-state index is -2.32. The fraction of sp³-hybridized carbons (Fsp3) is 0.824. The van der Waals surface area contributed by atoms with E-state index in [9.17, 15) is 55.5 Å². The highest BCUT2D eigenvalue weighted by atomic mass is 16.8. The van der Waals surface area contributed by atoms with Gasteiger partial charge in [0.05, 0.1) is 19.3 Å². The van der Waals surface area contributed by atoms with Crippen molar-refractivity contribution in [1.29, 1.82) is 0 Å². The lowest BCUT2D eigenvalue weighted by Gasteiger charge is -2.60. The zero-order valence-corrected chi connectivity index (χ0v) is 27.9. The van der Waals surface area contributed by atoms with E-state index >= 15 is 0 Å². The van der Waals surface area contributed by atoms with Crippen LogP contribution in [0.2, 0.25) is 0 Å². The van der Waals surface area contributed by atoms with Gasteiger partial charge in [-0.15, -0.1) is 0 Å². The third-order valence-electron chi connectivity index (χ3n) is 12.9. The summed E-state index contributed by atoms with van der Waals surface area (Å²) in [5.74, 6) is -3.52. The van der Waals surface area contributed by atoms with Gasteiger partial charge >= 0.3 is 0 Å². The fourth-order valence-electron chi connectivity index (χ4n) is 10.3. The van der Waals surface area contributed by atoms with Crippen molar-refractivity contribution >= 4 is 11.6 Å². The Morgan fingerprint density at radius 3 is 2.37 bits per heavy atom. The third kappa shape index (κ3) is 5.52. The predicted molar refractivity (Wildman–Crippen MR) is 165 cm³/mol. The van der Waals surface area contributed by atoms with E-state index in [0.29, 0.717) is 12.8 Å². The van der Waals surface area contributed by atoms with E-state index in [1.165, 1.54) is 0 Å². The Labute approximate surface area is 283 Å². The van der Waals surface area contributed by atoms with E-state index in [0.717, 1.165) is 5.57 Å². The number of hydrogen-bond donors (Lipinski definition) is 9. The molecular weight excluding hydrogens is 648 g/mol. The van der Waals surface area contributed by atoms with E-state index in [1.807, 2.05) is 13.0 Å². The van der Waals surface area contributed by atoms with E-state index in [-0.39, 0.29) is 42.3 Å². The average Bonchev–Trinajstić information content (AvgIpc) is 3.50. The smallest absolute Gasteiger partial charge is 0.222 e. The van der Waals surface area contributed by atoms with E-state index < -0.39 is 110 Å². The molecule has 6 aliphatic rings. The van der Waals surface area contributed by atoms with Crippen molar-refractivity contribution < 1.29 is 74.5 Å². The zero-order valence-electron chi connectivity index (χ0n) is 27.9. The molecule has 3 saturated carbocycles. The van der Waals surface area contributed by atoms with Crippen LogP contribution in [0.15, 0.2) is 23.8 Å². The van der Waals surface area contributed by atoms with Crippen molar-refractivity contribution in [2.45, 2.75) is 113 Å². The first kappa shape index (κ1) is 37.1. The molecule has 0 aromatic carbocycles. The first-order valence-electron chi connectivity index (χ1n) is 17.1. The van der Waals surface area contributed by atoms with Gasteiger partial charge in [0, 0.05) is 16.7 Å². The van der Waals surface area contributed by atoms with Gasteiger partial charge in [0.25, 0.3) is 0 Å². The summed E-state index contributed by atoms with van der Waals surface area (Å²) in [6, 6.07) is 0. The number of carbonyl (C=O) groups excluding carboxylic acids is 2. The van der Waals surface area contributed by atoms with E-state index in [1.54, 1.807) is 19.1 Å². The molecule has 276 valence electrons. The Hall–Kier alpha value is -1.70. The van der Waals surface area contributed by atoms with Crippen molar-refractivity contribution in [3.05, 3.63) is 23.8 Å². The number of hydrogen-bond acceptors (Lipinski definition) is 15. The molecule has 15 nitrogen and oxygen atoms in total. The number of carbonyl (C=O) groups is 2. The molecule has 5 fully saturated rings. The monoisotopic (exact) mass is 698 g/mol. The van der Waals surface area contributed by atoms with Gasteiger partial charge in [0.2, 0.25) is 5.79 Å². The Morgan fingerprint density at radius 1 is 1.02 bits per heavy atom. The van der Waals surface area contributed by atoms with Gasteiger partial charge in [-0.1, -0.05) is 32.4 Å². The number of aliphatic hydroxyl groups is 9. The molecule has 6 rings (SSSR count). The zero-order chi connectivity index (χ0) is 35.8. The Balaban J connectivity index is 1.18. The summed E-state index contributed by atoms with van der Waals surface area (Å²) in [5, 5.41) is 95.7. The highest BCUT2D eigenvalue weighted by molar-refractivity contribution is 6.01. The molecule has 49 heavy (non-hydrogen) atoms. The van der Waals surface area contributed by atoms with Gasteiger partial charge in [-0.05, 0) is 55.6 Å². The van der Waals surface area contributed by atoms with Crippen molar-refractivity contribution in [3.8, 4) is 0 Å². The molecule has 2 saturated heterocycles. The van der Waals surface area contributed by atoms with E-state index in [4.69, 9.17) is 18.9 Å². The SMILES string of the molecule is C[C@H]1C[C@@H]2[C@H]([C@@H](O)C[C@@]3(C)[C@H]2CC[C@]3(O)C(=O)COC2(CO)O[C@H](CO)[C@@H](O[C@H]3O[C@@H](CO)[C@@H](O)[C@@H](O)[C@@H]3O)[C@@H]2O)[C@@]2(C)C=CC(=O)C=C12. The van der Waals surface area contributed by atoms with E-state index in [2.05, 4.69) is 6.92 Å². The summed E-state index contributed by atoms with van der Waals surface area (Å²) in [6.07, 6.45) is -7.54. The number of aliphatic hydroxyl groups excluding tert-OH is 8. The Kier molecular flexibility index (Phi) is 9.88. The largest absolute Gasteiger partial charge is 0.394 e. The molecule has 2 aliphatic heterocycles. The second-order valence-electron chi connectivity index (χ2n) is 15.4. The van der Waals surface area contributed by atoms with Crippen molar-refractivity contribution in [1.82, 2.24) is 0 Å². The average molecular weight is 699 g/mol. The number of ketones is 2. The summed E-state index contributed by atoms with van der Waals surface area (Å²) in [5.41, 5.74) is -2.55. The first-order chi connectivity index (χ1) is 23.0. The Bertz CT molecular complexity index is 1350. The summed E-state index contributed by atoms with van der Waals surface area (Å²) < 4.78 is 22.5. The highest BCUT2D eigenvalue weighted by Crippen LogP contribution is 2.67. The molecule has 15 heteroatoms. The number of allylic oxidation sites excluding steroid dienone is 4. The van der Waals surface area contributed by atoms with Crippen LogP contribution in [-0.2, 0) is 28.5 Å². The van der Waals surface area contributed by atoms with Crippen LogP contribution in [0.3, 0.4) is 0 Å². The van der Waals surface area contributed by atoms with Crippen LogP contribution in [0.25, 0.3) is 0 Å². The molecule has 0 aromatic heterocycles. The maximum Gasteiger partial charge on any atom is 0.222 e. The summed E-state index contributed by atoms with van der Waals surface area (Å²) in [7, 11) is 0. The quantitative estimate of drug-likeness (QED) is 0.120. The maximum atomic E-state index is 14.0. The number of fused-ring (bicyclic) bond motifs is 5. The molecule has 0 bridgehead atoms. The molecule has 2 heterocycles.